The number of hydrogen-bond acceptors (Lipinski definition) is 13. The molecular weight excluding hydrogens is 1400 g/mol. The Morgan fingerprint density at radius 3 is 1.84 bits per heavy atom. The summed E-state index contributed by atoms with van der Waals surface area (Å²) in [5.74, 6) is -14.3. The number of hydrogen-bond donors (Lipinski definition) is 3. The maximum absolute atomic E-state index is 15.6. The summed E-state index contributed by atoms with van der Waals surface area (Å²) in [4.78, 5) is 193. The Labute approximate surface area is 626 Å². The molecule has 3 unspecified atom stereocenters. The van der Waals surface area contributed by atoms with Gasteiger partial charge < -0.3 is 64.8 Å². The Hall–Kier alpha value is -7.08. The van der Waals surface area contributed by atoms with Gasteiger partial charge in [-0.2, -0.15) is 26.3 Å². The van der Waals surface area contributed by atoms with Crippen LogP contribution in [0.15, 0.2) is 12.2 Å². The van der Waals surface area contributed by atoms with Crippen molar-refractivity contribution in [3.05, 3.63) is 12.2 Å². The van der Waals surface area contributed by atoms with E-state index in [4.69, 9.17) is 4.74 Å². The molecule has 2 bridgehead atoms. The van der Waals surface area contributed by atoms with E-state index in [1.165, 1.54) is 85.8 Å². The molecule has 0 aromatic carbocycles. The van der Waals surface area contributed by atoms with Crippen molar-refractivity contribution in [3.63, 3.8) is 0 Å². The zero-order valence-corrected chi connectivity index (χ0v) is 64.8. The molecule has 5 saturated carbocycles. The molecule has 7 fully saturated rings. The number of carbonyl (C=O) groups excluding carboxylic acids is 12. The number of methoxy groups -OCH3 is 1. The lowest BCUT2D eigenvalue weighted by atomic mass is 9.74. The van der Waals surface area contributed by atoms with Crippen LogP contribution in [0.1, 0.15) is 188 Å². The number of ether oxygens (including phenoxy) is 1. The lowest BCUT2D eigenvalue weighted by molar-refractivity contribution is -0.215. The highest BCUT2D eigenvalue weighted by molar-refractivity contribution is 6.01. The van der Waals surface area contributed by atoms with Crippen molar-refractivity contribution in [2.75, 3.05) is 89.2 Å². The molecule has 3 aliphatic heterocycles. The van der Waals surface area contributed by atoms with Gasteiger partial charge in [-0.15, -0.1) is 0 Å². The molecule has 107 heavy (non-hydrogen) atoms. The number of nitrogens with zero attached hydrogens (tertiary/aromatic N) is 9. The monoisotopic (exact) mass is 1520 g/mol. The summed E-state index contributed by atoms with van der Waals surface area (Å²) in [7, 11) is 11.1. The van der Waals surface area contributed by atoms with E-state index >= 15 is 38.4 Å². The fourth-order valence-electron chi connectivity index (χ4n) is 17.8. The lowest BCUT2D eigenvalue weighted by Gasteiger charge is -2.47. The van der Waals surface area contributed by atoms with E-state index in [0.29, 0.717) is 38.5 Å². The molecule has 8 rings (SSSR count). The van der Waals surface area contributed by atoms with Gasteiger partial charge in [0.15, 0.2) is 0 Å². The van der Waals surface area contributed by atoms with Crippen LogP contribution in [0, 0.1) is 47.3 Å². The molecule has 1 spiro atoms. The second kappa shape index (κ2) is 36.6. The van der Waals surface area contributed by atoms with Crippen molar-refractivity contribution in [3.8, 4) is 0 Å². The van der Waals surface area contributed by atoms with Crippen molar-refractivity contribution in [2.24, 2.45) is 47.3 Å². The number of halogens is 6. The third-order valence-electron chi connectivity index (χ3n) is 25.3. The predicted molar refractivity (Wildman–Crippen MR) is 383 cm³/mol. The maximum atomic E-state index is 15.6. The Kier molecular flexibility index (Phi) is 29.3. The number of amides is 12. The smallest absolute Gasteiger partial charge is 0.381 e. The van der Waals surface area contributed by atoms with Gasteiger partial charge in [-0.1, -0.05) is 58.6 Å². The molecule has 31 heteroatoms. The number of carbonyl (C=O) groups is 12. The summed E-state index contributed by atoms with van der Waals surface area (Å²) in [5, 5.41) is 8.75. The molecule has 5 aliphatic carbocycles. The average molecular weight is 1520 g/mol. The third kappa shape index (κ3) is 20.1. The predicted octanol–water partition coefficient (Wildman–Crippen LogP) is 6.45. The zero-order chi connectivity index (χ0) is 78.9. The Morgan fingerprint density at radius 1 is 0.636 bits per heavy atom. The summed E-state index contributed by atoms with van der Waals surface area (Å²) < 4.78 is 90.6. The van der Waals surface area contributed by atoms with Gasteiger partial charge in [0.05, 0.1) is 37.5 Å². The van der Waals surface area contributed by atoms with Gasteiger partial charge in [-0.3, -0.25) is 57.5 Å². The largest absolute Gasteiger partial charge is 0.394 e. The van der Waals surface area contributed by atoms with E-state index in [-0.39, 0.29) is 128 Å². The Balaban J connectivity index is 1.19. The van der Waals surface area contributed by atoms with Gasteiger partial charge in [0.25, 0.3) is 0 Å². The third-order valence-corrected chi connectivity index (χ3v) is 25.3. The molecule has 2 saturated heterocycles. The van der Waals surface area contributed by atoms with Crippen LogP contribution in [0.25, 0.3) is 0 Å². The van der Waals surface area contributed by atoms with E-state index in [9.17, 15) is 45.5 Å². The molecule has 12 amide bonds. The summed E-state index contributed by atoms with van der Waals surface area (Å²) in [6.45, 7) is 5.81. The minimum atomic E-state index is -4.55. The van der Waals surface area contributed by atoms with Gasteiger partial charge in [-0.05, 0) is 171 Å². The SMILES string of the molecule is CC[C@H](C)[C@@H]1NC(=O)[C@H](C2CCC2)N(C)C(=O)C[C@@H](C(=O)N(C)CC)N(C)C(=O)[C@H](C2CCCC2)N(C)C(=O)C2(CCC2)NC(=O)[C@@H]2C[C@H](C)CN2C(=O)[C@H](CCC2CCC(C(F)(F)F)C(OC)C2)NC(=O)CN(C)C(=O)[C@H](CC2CCC(C(F)(F)F)CC2)N2CC/C=C\C[C@@H](C2=O)N(C)C(=O)CN(C)C1=O. The molecule has 602 valence electrons. The molecule has 3 N–H and O–H groups in total. The van der Waals surface area contributed by atoms with Gasteiger partial charge in [0.2, 0.25) is 70.9 Å². The minimum absolute atomic E-state index is 0.00366. The summed E-state index contributed by atoms with van der Waals surface area (Å²) in [6, 6.07) is -10.5. The van der Waals surface area contributed by atoms with Crippen molar-refractivity contribution in [2.45, 2.75) is 261 Å². The normalized spacial score (nSPS) is 32.2. The van der Waals surface area contributed by atoms with Crippen molar-refractivity contribution in [1.29, 1.82) is 0 Å². The maximum Gasteiger partial charge on any atom is 0.394 e. The highest BCUT2D eigenvalue weighted by atomic mass is 19.4. The second-order valence-corrected chi connectivity index (χ2v) is 32.5. The van der Waals surface area contributed by atoms with E-state index < -0.39 is 198 Å². The number of nitrogens with one attached hydrogen (secondary N) is 3. The van der Waals surface area contributed by atoms with Gasteiger partial charge in [0, 0.05) is 76.1 Å². The molecule has 0 aromatic rings. The van der Waals surface area contributed by atoms with E-state index in [2.05, 4.69) is 16.0 Å². The van der Waals surface area contributed by atoms with Crippen molar-refractivity contribution in [1.82, 2.24) is 60.0 Å². The van der Waals surface area contributed by atoms with Crippen LogP contribution in [-0.2, 0) is 62.3 Å². The number of likely N-dealkylation sites (N-methyl/N-ethyl adjacent to an activating group) is 7. The van der Waals surface area contributed by atoms with Crippen LogP contribution in [-0.4, -0.2) is 276 Å². The number of rotatable bonds is 12. The summed E-state index contributed by atoms with van der Waals surface area (Å²) >= 11 is 0. The van der Waals surface area contributed by atoms with Crippen LogP contribution in [0.4, 0.5) is 26.3 Å². The zero-order valence-electron chi connectivity index (χ0n) is 64.8. The first-order chi connectivity index (χ1) is 50.4. The highest BCUT2D eigenvalue weighted by Gasteiger charge is 2.55. The topological polar surface area (TPSA) is 279 Å². The fourth-order valence-corrected chi connectivity index (χ4v) is 17.8. The number of fused-ring (bicyclic) bond motifs is 3. The molecule has 13 atom stereocenters. The van der Waals surface area contributed by atoms with Crippen molar-refractivity contribution < 1.29 is 88.6 Å². The first-order valence-electron chi connectivity index (χ1n) is 39.0. The number of alkyl halides is 6. The van der Waals surface area contributed by atoms with Crippen LogP contribution in [0.5, 0.6) is 0 Å². The highest BCUT2D eigenvalue weighted by Crippen LogP contribution is 2.45. The summed E-state index contributed by atoms with van der Waals surface area (Å²) in [6.07, 6.45) is -2.38. The van der Waals surface area contributed by atoms with Crippen LogP contribution in [0.2, 0.25) is 0 Å². The fraction of sp³-hybridized carbons (Fsp3) is 0.816. The van der Waals surface area contributed by atoms with Gasteiger partial charge in [0.1, 0.15) is 53.9 Å². The first kappa shape index (κ1) is 85.5. The van der Waals surface area contributed by atoms with Gasteiger partial charge in [-0.25, -0.2) is 0 Å². The van der Waals surface area contributed by atoms with Gasteiger partial charge >= 0.3 is 12.4 Å². The molecule has 25 nitrogen and oxygen atoms in total. The molecule has 8 aliphatic rings. The lowest BCUT2D eigenvalue weighted by Crippen LogP contribution is -2.68. The average Bonchev–Trinajstić information content (AvgIpc) is 1.72. The first-order valence-corrected chi connectivity index (χ1v) is 39.0. The van der Waals surface area contributed by atoms with Crippen LogP contribution >= 0.6 is 0 Å². The molecular formula is C76H118F6N12O13. The molecule has 3 heterocycles. The van der Waals surface area contributed by atoms with Crippen molar-refractivity contribution >= 4 is 70.9 Å². The van der Waals surface area contributed by atoms with Crippen LogP contribution < -0.4 is 16.0 Å². The quantitative estimate of drug-likeness (QED) is 0.140. The molecule has 0 aromatic heterocycles. The second-order valence-electron chi connectivity index (χ2n) is 32.5. The Morgan fingerprint density at radius 2 is 1.26 bits per heavy atom. The molecule has 0 radical (unpaired) electrons. The van der Waals surface area contributed by atoms with E-state index in [1.807, 2.05) is 13.8 Å². The Bertz CT molecular complexity index is 3230. The summed E-state index contributed by atoms with van der Waals surface area (Å²) in [5.41, 5.74) is -1.58. The van der Waals surface area contributed by atoms with E-state index in [0.717, 1.165) is 34.0 Å². The standard InChI is InChI=1S/C76H118F6N12O13/c1-13-46(4)62-71(104)88(7)44-61(97)89(8)54-26-16-15-19-37-93(70(54)103)57(39-47-27-31-51(32-28-47)75(77,78)79)69(102)87(6)43-59(95)83-53(34-30-48-29-33-52(76(80,81)82)58(40-48)107-12)67(100)94-42-45(3)38-55(94)65(98)85-74(35-21-36-74)73(106)92(11)64(50-22-17-18-23-50)72(105)90(9)56(68(101)86(5)14-2)41-60(96)91(10)63(66(99)84-62)49-24-20-25-49/h15-16,45-58,62-64H,13-14,17-44H2,1-12H3,(H,83,95)(H,84,99)(H,85,98)/b16-15-/t45-,46-,47?,48?,51?,52?,53-,54-,55-,56-,57-,58?,62-,63-,64-/m0/s1. The van der Waals surface area contributed by atoms with E-state index in [1.54, 1.807) is 26.0 Å². The van der Waals surface area contributed by atoms with Crippen LogP contribution in [0.3, 0.4) is 0 Å². The minimum Gasteiger partial charge on any atom is -0.381 e.